The summed E-state index contributed by atoms with van der Waals surface area (Å²) in [5.74, 6) is -1.53. The number of amides is 2. The molecule has 0 radical (unpaired) electrons. The number of nitrogens with one attached hydrogen (secondary N) is 1. The molecule has 4 aromatic carbocycles. The van der Waals surface area contributed by atoms with Gasteiger partial charge >= 0.3 is 6.09 Å². The Morgan fingerprint density at radius 1 is 0.910 bits per heavy atom. The Balaban J connectivity index is 1.18. The molecule has 354 valence electrons. The number of unbranched alkanes of at least 4 members (excludes halogenated alkanes) is 9. The van der Waals surface area contributed by atoms with Gasteiger partial charge in [-0.3, -0.25) is 14.5 Å². The van der Waals surface area contributed by atoms with E-state index in [0.717, 1.165) is 49.7 Å². The number of carbonyl (C=O) groups is 3. The van der Waals surface area contributed by atoms with Gasteiger partial charge in [0.25, 0.3) is 5.91 Å². The van der Waals surface area contributed by atoms with E-state index in [1.165, 1.54) is 67.3 Å². The third-order valence-corrected chi connectivity index (χ3v) is 14.5. The van der Waals surface area contributed by atoms with Crippen LogP contribution in [-0.4, -0.2) is 49.1 Å². The minimum atomic E-state index is -3.65. The van der Waals surface area contributed by atoms with Crippen molar-refractivity contribution < 1.29 is 32.0 Å². The summed E-state index contributed by atoms with van der Waals surface area (Å²) in [4.78, 5) is 48.8. The number of Topliss-reactive ketones (excluding diaryl/α,β-unsaturated/α-hetero) is 1. The maximum atomic E-state index is 14.4. The molecule has 0 aliphatic heterocycles. The van der Waals surface area contributed by atoms with Crippen molar-refractivity contribution in [2.45, 2.75) is 147 Å². The second-order valence-corrected chi connectivity index (χ2v) is 21.1. The van der Waals surface area contributed by atoms with Crippen LogP contribution in [0.15, 0.2) is 94.2 Å². The van der Waals surface area contributed by atoms with E-state index >= 15 is 0 Å². The van der Waals surface area contributed by atoms with Crippen LogP contribution in [0.3, 0.4) is 0 Å². The molecule has 2 amide bonds. The zero-order valence-corrected chi connectivity index (χ0v) is 41.0. The number of aryl methyl sites for hydroxylation is 1. The van der Waals surface area contributed by atoms with Gasteiger partial charge in [-0.25, -0.2) is 18.2 Å². The highest BCUT2D eigenvalue weighted by Gasteiger charge is 2.37. The van der Waals surface area contributed by atoms with E-state index in [2.05, 4.69) is 44.1 Å². The molecule has 67 heavy (non-hydrogen) atoms. The molecule has 1 fully saturated rings. The Morgan fingerprint density at radius 2 is 1.58 bits per heavy atom. The van der Waals surface area contributed by atoms with E-state index < -0.39 is 33.7 Å². The van der Waals surface area contributed by atoms with Crippen molar-refractivity contribution in [1.29, 1.82) is 5.26 Å². The molecule has 11 nitrogen and oxygen atoms in total. The number of nitriles is 1. The van der Waals surface area contributed by atoms with Crippen LogP contribution in [0.1, 0.15) is 151 Å². The summed E-state index contributed by atoms with van der Waals surface area (Å²) in [5, 5.41) is 12.8. The van der Waals surface area contributed by atoms with E-state index in [0.29, 0.717) is 41.6 Å². The van der Waals surface area contributed by atoms with Crippen molar-refractivity contribution in [2.75, 3.05) is 16.0 Å². The number of nitrogens with zero attached hydrogens (tertiary/aromatic N) is 3. The third kappa shape index (κ3) is 13.4. The quantitative estimate of drug-likeness (QED) is 0.0327. The average molecular weight is 948 g/mol. The summed E-state index contributed by atoms with van der Waals surface area (Å²) >= 11 is 6.60. The molecule has 1 saturated carbocycles. The molecule has 13 heteroatoms. The number of allylic oxidation sites excluding steroid dienone is 1. The maximum absolute atomic E-state index is 14.4. The number of carbonyl (C=O) groups excluding carboxylic acids is 3. The predicted octanol–water partition coefficient (Wildman–Crippen LogP) is 13.6. The fourth-order valence-corrected chi connectivity index (χ4v) is 10.1. The van der Waals surface area contributed by atoms with Crippen LogP contribution >= 0.6 is 11.6 Å². The lowest BCUT2D eigenvalue weighted by molar-refractivity contribution is -0.122. The number of rotatable bonds is 21. The number of sulfone groups is 1. The number of aromatic nitrogens is 1. The van der Waals surface area contributed by atoms with Gasteiger partial charge in [0.2, 0.25) is 17.8 Å². The lowest BCUT2D eigenvalue weighted by Crippen LogP contribution is -2.46. The van der Waals surface area contributed by atoms with Gasteiger partial charge in [0.05, 0.1) is 21.4 Å². The maximum Gasteiger partial charge on any atom is 0.415 e. The lowest BCUT2D eigenvalue weighted by atomic mass is 9.87. The summed E-state index contributed by atoms with van der Waals surface area (Å²) in [7, 11) is -3.65. The SMILES string of the molecule is CCCCCCCCCCCCS(=O)(=O)c1ccc(NC(=O)C(OC(=O)N(c2ccc(C=C(C#N)c3nc4cc(C(C)(C)C)ccc4o3)c(C)c2)C2CCCC2)C(=O)c2ccccc2)c(Cl)c1. The molecule has 1 unspecified atom stereocenters. The highest BCUT2D eigenvalue weighted by Crippen LogP contribution is 2.34. The molecular formula is C54H63ClN4O7S. The van der Waals surface area contributed by atoms with Crippen molar-refractivity contribution >= 4 is 73.3 Å². The first-order valence-electron chi connectivity index (χ1n) is 23.7. The summed E-state index contributed by atoms with van der Waals surface area (Å²) < 4.78 is 38.5. The zero-order valence-electron chi connectivity index (χ0n) is 39.4. The number of hydrogen-bond acceptors (Lipinski definition) is 9. The summed E-state index contributed by atoms with van der Waals surface area (Å²) in [6.45, 7) is 10.4. The fourth-order valence-electron chi connectivity index (χ4n) is 8.43. The first-order chi connectivity index (χ1) is 32.1. The number of ketones is 1. The normalized spacial score (nSPS) is 13.9. The number of oxazole rings is 1. The Morgan fingerprint density at radius 3 is 2.21 bits per heavy atom. The Kier molecular flexibility index (Phi) is 17.6. The van der Waals surface area contributed by atoms with Crippen LogP contribution in [0.2, 0.25) is 5.02 Å². The molecule has 1 aromatic heterocycles. The van der Waals surface area contributed by atoms with E-state index in [4.69, 9.17) is 20.8 Å². The topological polar surface area (TPSA) is 160 Å². The number of benzene rings is 4. The van der Waals surface area contributed by atoms with Crippen LogP contribution in [0, 0.1) is 18.3 Å². The van der Waals surface area contributed by atoms with Crippen molar-refractivity contribution in [1.82, 2.24) is 4.98 Å². The molecular weight excluding hydrogens is 884 g/mol. The molecule has 0 saturated heterocycles. The van der Waals surface area contributed by atoms with Gasteiger partial charge < -0.3 is 14.5 Å². The molecule has 1 heterocycles. The molecule has 0 bridgehead atoms. The average Bonchev–Trinajstić information content (AvgIpc) is 4.00. The van der Waals surface area contributed by atoms with Crippen LogP contribution < -0.4 is 10.2 Å². The van der Waals surface area contributed by atoms with Crippen LogP contribution in [0.5, 0.6) is 0 Å². The second kappa shape index (κ2) is 23.3. The molecule has 1 aliphatic rings. The van der Waals surface area contributed by atoms with Gasteiger partial charge in [0, 0.05) is 17.3 Å². The van der Waals surface area contributed by atoms with Gasteiger partial charge in [-0.2, -0.15) is 5.26 Å². The largest absolute Gasteiger partial charge is 0.435 e. The first-order valence-corrected chi connectivity index (χ1v) is 25.7. The molecule has 5 aromatic rings. The van der Waals surface area contributed by atoms with Gasteiger partial charge in [0.15, 0.2) is 15.4 Å². The minimum Gasteiger partial charge on any atom is -0.435 e. The van der Waals surface area contributed by atoms with Crippen LogP contribution in [0.25, 0.3) is 22.7 Å². The lowest BCUT2D eigenvalue weighted by Gasteiger charge is -2.30. The standard InChI is InChI=1S/C54H63ClN4O7S/c1-6-7-8-9-10-11-12-13-14-20-31-67(63,64)44-28-29-46(45(55)35-44)57-51(61)50(49(60)38-21-16-15-17-22-38)66-53(62)59(42-23-18-19-24-42)43-27-25-39(37(2)32-43)33-40(36-56)52-58-47-34-41(54(3,4)5)26-30-48(47)65-52/h15-17,21-22,25-30,32-35,42,50H,6-14,18-20,23-24,31H2,1-5H3,(H,57,61). The fraction of sp³-hybridized carbons (Fsp3) is 0.426. The molecule has 1 N–H and O–H groups in total. The first kappa shape index (κ1) is 50.6. The van der Waals surface area contributed by atoms with Crippen molar-refractivity contribution in [3.63, 3.8) is 0 Å². The Labute approximate surface area is 400 Å². The summed E-state index contributed by atoms with van der Waals surface area (Å²) in [5.41, 5.74) is 4.59. The van der Waals surface area contributed by atoms with Crippen molar-refractivity contribution in [2.24, 2.45) is 0 Å². The number of ether oxygens (including phenoxy) is 1. The van der Waals surface area contributed by atoms with Crippen molar-refractivity contribution in [3.8, 4) is 6.07 Å². The monoisotopic (exact) mass is 946 g/mol. The van der Waals surface area contributed by atoms with Gasteiger partial charge in [-0.05, 0) is 96.8 Å². The number of fused-ring (bicyclic) bond motifs is 1. The third-order valence-electron chi connectivity index (χ3n) is 12.4. The molecule has 0 spiro atoms. The Bertz CT molecular complexity index is 2710. The summed E-state index contributed by atoms with van der Waals surface area (Å²) in [6.07, 6.45) is 12.8. The van der Waals surface area contributed by atoms with Crippen LogP contribution in [0.4, 0.5) is 16.2 Å². The smallest absolute Gasteiger partial charge is 0.415 e. The minimum absolute atomic E-state index is 0.0227. The van der Waals surface area contributed by atoms with E-state index in [1.807, 2.05) is 31.2 Å². The van der Waals surface area contributed by atoms with Gasteiger partial charge in [-0.1, -0.05) is 152 Å². The van der Waals surface area contributed by atoms with Gasteiger partial charge in [-0.15, -0.1) is 0 Å². The number of anilines is 2. The van der Waals surface area contributed by atoms with E-state index in [1.54, 1.807) is 36.4 Å². The van der Waals surface area contributed by atoms with E-state index in [-0.39, 0.29) is 49.8 Å². The molecule has 1 atom stereocenters. The molecule has 1 aliphatic carbocycles. The highest BCUT2D eigenvalue weighted by atomic mass is 35.5. The second-order valence-electron chi connectivity index (χ2n) is 18.6. The van der Waals surface area contributed by atoms with Crippen molar-refractivity contribution in [3.05, 3.63) is 118 Å². The van der Waals surface area contributed by atoms with Crippen LogP contribution in [-0.2, 0) is 24.8 Å². The van der Waals surface area contributed by atoms with Gasteiger partial charge in [0.1, 0.15) is 17.2 Å². The predicted molar refractivity (Wildman–Crippen MR) is 267 cm³/mol. The highest BCUT2D eigenvalue weighted by molar-refractivity contribution is 7.91. The summed E-state index contributed by atoms with van der Waals surface area (Å²) in [6, 6.07) is 25.2. The Hall–Kier alpha value is -5.77. The number of halogens is 1. The number of hydrogen-bond donors (Lipinski definition) is 1. The van der Waals surface area contributed by atoms with E-state index in [9.17, 15) is 28.1 Å². The zero-order chi connectivity index (χ0) is 48.1. The molecule has 6 rings (SSSR count).